The van der Waals surface area contributed by atoms with E-state index in [2.05, 4.69) is 36.5 Å². The summed E-state index contributed by atoms with van der Waals surface area (Å²) in [6, 6.07) is 10.6. The number of benzene rings is 1. The summed E-state index contributed by atoms with van der Waals surface area (Å²) in [5, 5.41) is 3.10. The first-order valence-electron chi connectivity index (χ1n) is 8.84. The number of carbonyl (C=O) groups excluding carboxylic acids is 1. The molecule has 0 aliphatic carbocycles. The molecule has 23 heavy (non-hydrogen) atoms. The van der Waals surface area contributed by atoms with Gasteiger partial charge < -0.3 is 15.0 Å². The summed E-state index contributed by atoms with van der Waals surface area (Å²) >= 11 is 0. The van der Waals surface area contributed by atoms with Crippen LogP contribution < -0.4 is 5.32 Å². The molecular formula is C19H28N2O2. The van der Waals surface area contributed by atoms with E-state index in [1.165, 1.54) is 5.56 Å². The lowest BCUT2D eigenvalue weighted by Gasteiger charge is -2.33. The minimum atomic E-state index is 0.105. The van der Waals surface area contributed by atoms with E-state index in [0.29, 0.717) is 11.3 Å². The van der Waals surface area contributed by atoms with Gasteiger partial charge in [-0.15, -0.1) is 0 Å². The minimum Gasteiger partial charge on any atom is -0.381 e. The fourth-order valence-corrected chi connectivity index (χ4v) is 3.78. The smallest absolute Gasteiger partial charge is 0.317 e. The second-order valence-corrected chi connectivity index (χ2v) is 7.12. The fourth-order valence-electron chi connectivity index (χ4n) is 3.78. The molecule has 1 atom stereocenters. The van der Waals surface area contributed by atoms with Crippen LogP contribution in [0.4, 0.5) is 4.79 Å². The second kappa shape index (κ2) is 7.35. The van der Waals surface area contributed by atoms with Crippen LogP contribution in [0.2, 0.25) is 0 Å². The molecule has 4 heteroatoms. The molecule has 0 unspecified atom stereocenters. The predicted octanol–water partition coefficient (Wildman–Crippen LogP) is 3.39. The van der Waals surface area contributed by atoms with Crippen LogP contribution in [-0.2, 0) is 4.74 Å². The second-order valence-electron chi connectivity index (χ2n) is 7.12. The fraction of sp³-hybridized carbons (Fsp3) is 0.632. The van der Waals surface area contributed by atoms with Crippen molar-refractivity contribution in [1.82, 2.24) is 10.2 Å². The average molecular weight is 316 g/mol. The lowest BCUT2D eigenvalue weighted by atomic mass is 9.80. The molecule has 0 saturated carbocycles. The lowest BCUT2D eigenvalue weighted by Crippen LogP contribution is -2.41. The standard InChI is InChI=1S/C19H28N2O2/c1-16(17-5-3-2-4-6-17)7-11-20-18(22)21-12-8-19(15-21)9-13-23-14-10-19/h2-6,16H,7-15H2,1H3,(H,20,22)/t16-/m0/s1. The van der Waals surface area contributed by atoms with E-state index >= 15 is 0 Å². The minimum absolute atomic E-state index is 0.105. The maximum atomic E-state index is 12.4. The summed E-state index contributed by atoms with van der Waals surface area (Å²) in [6.45, 7) is 6.44. The van der Waals surface area contributed by atoms with Gasteiger partial charge in [0, 0.05) is 32.8 Å². The number of rotatable bonds is 4. The van der Waals surface area contributed by atoms with Crippen molar-refractivity contribution in [1.29, 1.82) is 0 Å². The maximum absolute atomic E-state index is 12.4. The van der Waals surface area contributed by atoms with Gasteiger partial charge in [0.15, 0.2) is 0 Å². The number of hydrogen-bond acceptors (Lipinski definition) is 2. The molecule has 2 fully saturated rings. The molecule has 2 amide bonds. The summed E-state index contributed by atoms with van der Waals surface area (Å²) in [7, 11) is 0. The van der Waals surface area contributed by atoms with Gasteiger partial charge in [0.25, 0.3) is 0 Å². The molecular weight excluding hydrogens is 288 g/mol. The van der Waals surface area contributed by atoms with Crippen molar-refractivity contribution in [2.24, 2.45) is 5.41 Å². The van der Waals surface area contributed by atoms with Crippen molar-refractivity contribution >= 4 is 6.03 Å². The molecule has 1 spiro atoms. The molecule has 126 valence electrons. The highest BCUT2D eigenvalue weighted by atomic mass is 16.5. The summed E-state index contributed by atoms with van der Waals surface area (Å²) in [4.78, 5) is 14.4. The van der Waals surface area contributed by atoms with Crippen LogP contribution in [0.3, 0.4) is 0 Å². The SMILES string of the molecule is C[C@@H](CCNC(=O)N1CCC2(CCOCC2)C1)c1ccccc1. The first kappa shape index (κ1) is 16.3. The Labute approximate surface area is 139 Å². The van der Waals surface area contributed by atoms with Crippen LogP contribution in [0.1, 0.15) is 44.1 Å². The van der Waals surface area contributed by atoms with E-state index in [4.69, 9.17) is 4.74 Å². The van der Waals surface area contributed by atoms with Crippen molar-refractivity contribution in [2.75, 3.05) is 32.8 Å². The van der Waals surface area contributed by atoms with Crippen molar-refractivity contribution in [3.63, 3.8) is 0 Å². The summed E-state index contributed by atoms with van der Waals surface area (Å²) < 4.78 is 5.47. The Morgan fingerprint density at radius 1 is 1.26 bits per heavy atom. The number of carbonyl (C=O) groups is 1. The highest BCUT2D eigenvalue weighted by Crippen LogP contribution is 2.39. The van der Waals surface area contributed by atoms with E-state index in [9.17, 15) is 4.79 Å². The maximum Gasteiger partial charge on any atom is 0.317 e. The zero-order valence-electron chi connectivity index (χ0n) is 14.1. The van der Waals surface area contributed by atoms with Gasteiger partial charge in [-0.3, -0.25) is 0 Å². The van der Waals surface area contributed by atoms with Crippen LogP contribution in [0.15, 0.2) is 30.3 Å². The van der Waals surface area contributed by atoms with Gasteiger partial charge in [0.1, 0.15) is 0 Å². The van der Waals surface area contributed by atoms with E-state index in [-0.39, 0.29) is 6.03 Å². The third-order valence-electron chi connectivity index (χ3n) is 5.50. The van der Waals surface area contributed by atoms with Crippen LogP contribution in [0, 0.1) is 5.41 Å². The molecule has 2 aliphatic rings. The summed E-state index contributed by atoms with van der Waals surface area (Å²) in [5.74, 6) is 0.469. The van der Waals surface area contributed by atoms with Gasteiger partial charge >= 0.3 is 6.03 Å². The highest BCUT2D eigenvalue weighted by Gasteiger charge is 2.40. The topological polar surface area (TPSA) is 41.6 Å². The van der Waals surface area contributed by atoms with Crippen molar-refractivity contribution in [2.45, 2.75) is 38.5 Å². The number of hydrogen-bond donors (Lipinski definition) is 1. The number of likely N-dealkylation sites (tertiary alicyclic amines) is 1. The monoisotopic (exact) mass is 316 g/mol. The van der Waals surface area contributed by atoms with E-state index in [1.54, 1.807) is 0 Å². The first-order chi connectivity index (χ1) is 11.2. The Bertz CT molecular complexity index is 511. The van der Waals surface area contributed by atoms with Gasteiger partial charge in [0.05, 0.1) is 0 Å². The molecule has 0 aromatic heterocycles. The van der Waals surface area contributed by atoms with Crippen LogP contribution in [0.5, 0.6) is 0 Å². The van der Waals surface area contributed by atoms with Crippen molar-refractivity contribution in [3.05, 3.63) is 35.9 Å². The van der Waals surface area contributed by atoms with Gasteiger partial charge in [0.2, 0.25) is 0 Å². The highest BCUT2D eigenvalue weighted by molar-refractivity contribution is 5.74. The van der Waals surface area contributed by atoms with Crippen molar-refractivity contribution < 1.29 is 9.53 Å². The normalized spacial score (nSPS) is 21.3. The molecule has 2 saturated heterocycles. The molecule has 2 heterocycles. The zero-order valence-corrected chi connectivity index (χ0v) is 14.1. The van der Waals surface area contributed by atoms with E-state index in [1.807, 2.05) is 11.0 Å². The van der Waals surface area contributed by atoms with Crippen LogP contribution in [-0.4, -0.2) is 43.8 Å². The molecule has 2 aliphatic heterocycles. The Kier molecular flexibility index (Phi) is 5.21. The number of urea groups is 1. The molecule has 1 N–H and O–H groups in total. The molecule has 4 nitrogen and oxygen atoms in total. The molecule has 0 bridgehead atoms. The number of ether oxygens (including phenoxy) is 1. The van der Waals surface area contributed by atoms with Crippen LogP contribution in [0.25, 0.3) is 0 Å². The van der Waals surface area contributed by atoms with Gasteiger partial charge in [-0.2, -0.15) is 0 Å². The molecule has 0 radical (unpaired) electrons. The van der Waals surface area contributed by atoms with E-state index in [0.717, 1.165) is 58.5 Å². The molecule has 1 aromatic carbocycles. The predicted molar refractivity (Wildman–Crippen MR) is 91.5 cm³/mol. The van der Waals surface area contributed by atoms with Gasteiger partial charge in [-0.05, 0) is 42.6 Å². The first-order valence-corrected chi connectivity index (χ1v) is 8.84. The Morgan fingerprint density at radius 2 is 2.00 bits per heavy atom. The van der Waals surface area contributed by atoms with Gasteiger partial charge in [-0.1, -0.05) is 37.3 Å². The third kappa shape index (κ3) is 4.05. The third-order valence-corrected chi connectivity index (χ3v) is 5.50. The average Bonchev–Trinajstić information content (AvgIpc) is 2.99. The largest absolute Gasteiger partial charge is 0.381 e. The Morgan fingerprint density at radius 3 is 2.74 bits per heavy atom. The van der Waals surface area contributed by atoms with Crippen LogP contribution >= 0.6 is 0 Å². The summed E-state index contributed by atoms with van der Waals surface area (Å²) in [5.41, 5.74) is 1.66. The number of nitrogens with one attached hydrogen (secondary N) is 1. The summed E-state index contributed by atoms with van der Waals surface area (Å²) in [6.07, 6.45) is 4.30. The number of nitrogens with zero attached hydrogens (tertiary/aromatic N) is 1. The quantitative estimate of drug-likeness (QED) is 0.925. The van der Waals surface area contributed by atoms with Crippen molar-refractivity contribution in [3.8, 4) is 0 Å². The zero-order chi connectivity index (χ0) is 16.1. The molecule has 3 rings (SSSR count). The Balaban J connectivity index is 1.41. The molecule has 1 aromatic rings. The number of amides is 2. The van der Waals surface area contributed by atoms with E-state index < -0.39 is 0 Å². The van der Waals surface area contributed by atoms with Gasteiger partial charge in [-0.25, -0.2) is 4.79 Å². The lowest BCUT2D eigenvalue weighted by molar-refractivity contribution is 0.0209. The Hall–Kier alpha value is -1.55.